The highest BCUT2D eigenvalue weighted by Crippen LogP contribution is 2.22. The molecule has 0 aromatic rings. The first-order valence-electron chi connectivity index (χ1n) is 9.76. The molecule has 1 fully saturated rings. The van der Waals surface area contributed by atoms with Crippen molar-refractivity contribution in [2.75, 3.05) is 52.9 Å². The zero-order valence-electron chi connectivity index (χ0n) is 16.7. The highest BCUT2D eigenvalue weighted by atomic mass is 19.4. The minimum absolute atomic E-state index is 0.230. The van der Waals surface area contributed by atoms with Crippen molar-refractivity contribution >= 4 is 5.96 Å². The summed E-state index contributed by atoms with van der Waals surface area (Å²) < 4.78 is 37.4. The second kappa shape index (κ2) is 11.6. The normalized spacial score (nSPS) is 20.6. The van der Waals surface area contributed by atoms with Gasteiger partial charge >= 0.3 is 6.18 Å². The standard InChI is InChI=1S/C18H36F3N5/c1-5-25(6-2)10-7-8-15(3)24-17(22-4)23-12-16-9-11-26(13-16)14-18(19,20)21/h15-16H,5-14H2,1-4H3,(H2,22,23,24). The van der Waals surface area contributed by atoms with Crippen LogP contribution in [0.5, 0.6) is 0 Å². The number of alkyl halides is 3. The van der Waals surface area contributed by atoms with Gasteiger partial charge in [-0.1, -0.05) is 13.8 Å². The van der Waals surface area contributed by atoms with Crippen LogP contribution in [-0.2, 0) is 0 Å². The van der Waals surface area contributed by atoms with Gasteiger partial charge in [-0.3, -0.25) is 9.89 Å². The largest absolute Gasteiger partial charge is 0.401 e. The second-order valence-electron chi connectivity index (χ2n) is 7.17. The highest BCUT2D eigenvalue weighted by Gasteiger charge is 2.34. The van der Waals surface area contributed by atoms with Crippen LogP contribution in [0.15, 0.2) is 4.99 Å². The Kier molecular flexibility index (Phi) is 10.3. The number of hydrogen-bond donors (Lipinski definition) is 2. The summed E-state index contributed by atoms with van der Waals surface area (Å²) >= 11 is 0. The number of aliphatic imine (C=N–C) groups is 1. The van der Waals surface area contributed by atoms with Crippen molar-refractivity contribution in [2.24, 2.45) is 10.9 Å². The Morgan fingerprint density at radius 3 is 2.58 bits per heavy atom. The number of halogens is 3. The van der Waals surface area contributed by atoms with Gasteiger partial charge in [0.1, 0.15) is 0 Å². The maximum absolute atomic E-state index is 12.5. The Bertz CT molecular complexity index is 410. The average molecular weight is 380 g/mol. The Hall–Kier alpha value is -1.02. The van der Waals surface area contributed by atoms with Crippen molar-refractivity contribution in [3.63, 3.8) is 0 Å². The molecule has 0 spiro atoms. The van der Waals surface area contributed by atoms with E-state index in [1.54, 1.807) is 7.05 Å². The maximum Gasteiger partial charge on any atom is 0.401 e. The lowest BCUT2D eigenvalue weighted by Crippen LogP contribution is -2.44. The molecule has 26 heavy (non-hydrogen) atoms. The molecule has 0 bridgehead atoms. The summed E-state index contributed by atoms with van der Waals surface area (Å²) in [5, 5.41) is 6.64. The van der Waals surface area contributed by atoms with Gasteiger partial charge < -0.3 is 15.5 Å². The molecule has 1 saturated heterocycles. The molecule has 2 atom stereocenters. The van der Waals surface area contributed by atoms with Crippen LogP contribution in [0.4, 0.5) is 13.2 Å². The molecule has 0 saturated carbocycles. The predicted octanol–water partition coefficient (Wildman–Crippen LogP) is 2.55. The lowest BCUT2D eigenvalue weighted by Gasteiger charge is -2.22. The van der Waals surface area contributed by atoms with E-state index in [9.17, 15) is 13.2 Å². The summed E-state index contributed by atoms with van der Waals surface area (Å²) in [5.74, 6) is 0.962. The first-order chi connectivity index (χ1) is 12.3. The van der Waals surface area contributed by atoms with Crippen molar-refractivity contribution in [3.8, 4) is 0 Å². The fourth-order valence-corrected chi connectivity index (χ4v) is 3.38. The first kappa shape index (κ1) is 23.0. The minimum Gasteiger partial charge on any atom is -0.356 e. The van der Waals surface area contributed by atoms with Crippen LogP contribution < -0.4 is 10.6 Å². The van der Waals surface area contributed by atoms with E-state index in [4.69, 9.17) is 0 Å². The van der Waals surface area contributed by atoms with Crippen LogP contribution in [0.25, 0.3) is 0 Å². The second-order valence-corrected chi connectivity index (χ2v) is 7.17. The number of rotatable bonds is 10. The predicted molar refractivity (Wildman–Crippen MR) is 102 cm³/mol. The van der Waals surface area contributed by atoms with E-state index in [0.717, 1.165) is 44.9 Å². The van der Waals surface area contributed by atoms with Crippen molar-refractivity contribution in [1.29, 1.82) is 0 Å². The smallest absolute Gasteiger partial charge is 0.356 e. The van der Waals surface area contributed by atoms with E-state index < -0.39 is 12.7 Å². The van der Waals surface area contributed by atoms with Crippen LogP contribution in [0.3, 0.4) is 0 Å². The van der Waals surface area contributed by atoms with Crippen LogP contribution in [0, 0.1) is 5.92 Å². The van der Waals surface area contributed by atoms with Crippen molar-refractivity contribution in [2.45, 2.75) is 52.3 Å². The number of nitrogens with one attached hydrogen (secondary N) is 2. The van der Waals surface area contributed by atoms with Gasteiger partial charge in [-0.05, 0) is 58.3 Å². The Balaban J connectivity index is 2.24. The molecule has 1 rings (SSSR count). The van der Waals surface area contributed by atoms with Crippen molar-refractivity contribution in [3.05, 3.63) is 0 Å². The van der Waals surface area contributed by atoms with Gasteiger partial charge in [0.2, 0.25) is 0 Å². The molecule has 0 aromatic carbocycles. The SMILES string of the molecule is CCN(CC)CCCC(C)NC(=NC)NCC1CCN(CC(F)(F)F)C1. The molecule has 1 heterocycles. The molecule has 1 aliphatic rings. The van der Waals surface area contributed by atoms with Gasteiger partial charge in [0.15, 0.2) is 5.96 Å². The van der Waals surface area contributed by atoms with E-state index in [0.29, 0.717) is 25.7 Å². The van der Waals surface area contributed by atoms with E-state index in [1.165, 1.54) is 4.90 Å². The van der Waals surface area contributed by atoms with Crippen LogP contribution >= 0.6 is 0 Å². The van der Waals surface area contributed by atoms with E-state index in [2.05, 4.69) is 41.3 Å². The van der Waals surface area contributed by atoms with Crippen LogP contribution in [0.1, 0.15) is 40.0 Å². The fourth-order valence-electron chi connectivity index (χ4n) is 3.38. The highest BCUT2D eigenvalue weighted by molar-refractivity contribution is 5.79. The summed E-state index contributed by atoms with van der Waals surface area (Å²) in [7, 11) is 1.72. The third kappa shape index (κ3) is 9.62. The topological polar surface area (TPSA) is 42.9 Å². The number of hydrogen-bond acceptors (Lipinski definition) is 3. The molecule has 8 heteroatoms. The van der Waals surface area contributed by atoms with Gasteiger partial charge in [0.05, 0.1) is 6.54 Å². The van der Waals surface area contributed by atoms with Gasteiger partial charge in [-0.25, -0.2) is 0 Å². The zero-order chi connectivity index (χ0) is 19.6. The van der Waals surface area contributed by atoms with Crippen LogP contribution in [0.2, 0.25) is 0 Å². The molecule has 0 radical (unpaired) electrons. The molecule has 2 N–H and O–H groups in total. The first-order valence-corrected chi connectivity index (χ1v) is 9.76. The number of likely N-dealkylation sites (tertiary alicyclic amines) is 1. The van der Waals surface area contributed by atoms with E-state index in [1.807, 2.05) is 0 Å². The van der Waals surface area contributed by atoms with Crippen molar-refractivity contribution < 1.29 is 13.2 Å². The van der Waals surface area contributed by atoms with Gasteiger partial charge in [-0.15, -0.1) is 0 Å². The Labute approximate surface area is 156 Å². The Morgan fingerprint density at radius 2 is 2.00 bits per heavy atom. The fraction of sp³-hybridized carbons (Fsp3) is 0.944. The molecular weight excluding hydrogens is 343 g/mol. The molecule has 2 unspecified atom stereocenters. The Morgan fingerprint density at radius 1 is 1.31 bits per heavy atom. The molecule has 154 valence electrons. The number of guanidine groups is 1. The molecule has 0 amide bonds. The zero-order valence-corrected chi connectivity index (χ0v) is 16.7. The van der Waals surface area contributed by atoms with Gasteiger partial charge in [-0.2, -0.15) is 13.2 Å². The maximum atomic E-state index is 12.5. The van der Waals surface area contributed by atoms with E-state index in [-0.39, 0.29) is 5.92 Å². The summed E-state index contributed by atoms with van der Waals surface area (Å²) in [6, 6.07) is 0.307. The van der Waals surface area contributed by atoms with E-state index >= 15 is 0 Å². The quantitative estimate of drug-likeness (QED) is 0.452. The third-order valence-electron chi connectivity index (χ3n) is 4.94. The van der Waals surface area contributed by atoms with Crippen LogP contribution in [-0.4, -0.2) is 80.8 Å². The van der Waals surface area contributed by atoms with Gasteiger partial charge in [0.25, 0.3) is 0 Å². The lowest BCUT2D eigenvalue weighted by atomic mass is 10.1. The molecule has 0 aliphatic carbocycles. The molecule has 5 nitrogen and oxygen atoms in total. The molecule has 1 aliphatic heterocycles. The molecular formula is C18H36F3N5. The summed E-state index contributed by atoms with van der Waals surface area (Å²) in [4.78, 5) is 8.13. The minimum atomic E-state index is -4.11. The third-order valence-corrected chi connectivity index (χ3v) is 4.94. The van der Waals surface area contributed by atoms with Gasteiger partial charge in [0, 0.05) is 26.2 Å². The monoisotopic (exact) mass is 379 g/mol. The summed E-state index contributed by atoms with van der Waals surface area (Å²) in [6.45, 7) is 10.6. The number of nitrogens with zero attached hydrogens (tertiary/aromatic N) is 3. The lowest BCUT2D eigenvalue weighted by molar-refractivity contribution is -0.143. The summed E-state index contributed by atoms with van der Waals surface area (Å²) in [5.41, 5.74) is 0. The van der Waals surface area contributed by atoms with Crippen molar-refractivity contribution in [1.82, 2.24) is 20.4 Å². The molecule has 0 aromatic heterocycles. The average Bonchev–Trinajstić information content (AvgIpc) is 3.00. The summed E-state index contributed by atoms with van der Waals surface area (Å²) in [6.07, 6.45) is -1.14.